The molecule has 184 valence electrons. The number of carbonyl (C=O) groups is 2. The maximum atomic E-state index is 12.9. The molecule has 1 saturated heterocycles. The van der Waals surface area contributed by atoms with Crippen molar-refractivity contribution in [1.29, 1.82) is 0 Å². The topological polar surface area (TPSA) is 102 Å². The Morgan fingerprint density at radius 1 is 1.11 bits per heavy atom. The van der Waals surface area contributed by atoms with E-state index in [2.05, 4.69) is 15.4 Å². The van der Waals surface area contributed by atoms with Crippen molar-refractivity contribution >= 4 is 40.1 Å². The Balaban J connectivity index is 1.19. The third kappa shape index (κ3) is 4.87. The van der Waals surface area contributed by atoms with E-state index in [9.17, 15) is 14.4 Å². The van der Waals surface area contributed by atoms with Gasteiger partial charge < -0.3 is 10.2 Å². The first kappa shape index (κ1) is 23.7. The van der Waals surface area contributed by atoms with Gasteiger partial charge in [-0.2, -0.15) is 5.10 Å². The first-order valence-electron chi connectivity index (χ1n) is 11.7. The number of rotatable bonds is 7. The fourth-order valence-electron chi connectivity index (χ4n) is 4.35. The predicted molar refractivity (Wildman–Crippen MR) is 137 cm³/mol. The van der Waals surface area contributed by atoms with Crippen molar-refractivity contribution in [1.82, 2.24) is 24.6 Å². The predicted octanol–water partition coefficient (Wildman–Crippen LogP) is 2.77. The Labute approximate surface area is 212 Å². The molecule has 0 spiro atoms. The smallest absolute Gasteiger partial charge is 0.264 e. The zero-order chi connectivity index (χ0) is 25.2. The average molecular weight is 505 g/mol. The number of hydrogen-bond donors (Lipinski definition) is 1. The fraction of sp³-hybridized carbons (Fsp3) is 0.269. The third-order valence-corrected chi connectivity index (χ3v) is 6.60. The summed E-state index contributed by atoms with van der Waals surface area (Å²) in [5, 5.41) is 8.19. The number of carbonyl (C=O) groups excluding carboxylic acids is 2. The monoisotopic (exact) mass is 504 g/mol. The molecular formula is C26H25ClN6O3. The molecule has 2 aromatic heterocycles. The van der Waals surface area contributed by atoms with E-state index in [4.69, 9.17) is 11.6 Å². The largest absolute Gasteiger partial charge is 0.354 e. The van der Waals surface area contributed by atoms with Crippen LogP contribution in [0.3, 0.4) is 0 Å². The molecule has 36 heavy (non-hydrogen) atoms. The molecule has 9 nitrogen and oxygen atoms in total. The summed E-state index contributed by atoms with van der Waals surface area (Å²) < 4.78 is 3.16. The van der Waals surface area contributed by atoms with Gasteiger partial charge in [0.05, 0.1) is 25.2 Å². The highest BCUT2D eigenvalue weighted by Crippen LogP contribution is 2.26. The molecule has 1 aliphatic heterocycles. The first-order chi connectivity index (χ1) is 17.4. The van der Waals surface area contributed by atoms with Gasteiger partial charge in [0.2, 0.25) is 11.8 Å². The van der Waals surface area contributed by atoms with Gasteiger partial charge in [-0.3, -0.25) is 19.0 Å². The standard InChI is InChI=1S/C26H25ClN6O3/c1-17-2-4-18(5-3-17)14-31-16-29-24-22(26(31)36)13-30-33(24)11-10-28-25(35)19-12-23(34)32(15-19)21-8-6-20(27)7-9-21/h2-9,13,16,19H,10-12,14-15H2,1H3,(H,28,35). The summed E-state index contributed by atoms with van der Waals surface area (Å²) in [7, 11) is 0. The van der Waals surface area contributed by atoms with Crippen LogP contribution >= 0.6 is 11.6 Å². The Hall–Kier alpha value is -3.98. The van der Waals surface area contributed by atoms with Crippen LogP contribution in [0.15, 0.2) is 65.8 Å². The molecule has 0 saturated carbocycles. The SMILES string of the molecule is Cc1ccc(Cn2cnc3c(cnn3CCNC(=O)C3CC(=O)N(c4ccc(Cl)cc4)C3)c2=O)cc1. The molecule has 1 fully saturated rings. The summed E-state index contributed by atoms with van der Waals surface area (Å²) in [6.07, 6.45) is 3.19. The minimum absolute atomic E-state index is 0.0957. The number of anilines is 1. The number of aryl methyl sites for hydroxylation is 1. The molecule has 0 radical (unpaired) electrons. The summed E-state index contributed by atoms with van der Waals surface area (Å²) in [5.41, 5.74) is 3.20. The second kappa shape index (κ2) is 9.94. The van der Waals surface area contributed by atoms with E-state index in [0.29, 0.717) is 42.2 Å². The molecule has 10 heteroatoms. The maximum Gasteiger partial charge on any atom is 0.264 e. The fourth-order valence-corrected chi connectivity index (χ4v) is 4.47. The lowest BCUT2D eigenvalue weighted by Crippen LogP contribution is -2.35. The zero-order valence-corrected chi connectivity index (χ0v) is 20.5. The van der Waals surface area contributed by atoms with E-state index in [1.807, 2.05) is 31.2 Å². The number of halogens is 1. The maximum absolute atomic E-state index is 12.9. The summed E-state index contributed by atoms with van der Waals surface area (Å²) in [6.45, 7) is 3.42. The average Bonchev–Trinajstić information content (AvgIpc) is 3.47. The summed E-state index contributed by atoms with van der Waals surface area (Å²) in [6, 6.07) is 15.0. The molecule has 1 unspecified atom stereocenters. The van der Waals surface area contributed by atoms with Crippen LogP contribution in [0.4, 0.5) is 5.69 Å². The van der Waals surface area contributed by atoms with Gasteiger partial charge in [0.25, 0.3) is 5.56 Å². The van der Waals surface area contributed by atoms with Crippen molar-refractivity contribution in [3.63, 3.8) is 0 Å². The Bertz CT molecular complexity index is 1480. The van der Waals surface area contributed by atoms with Gasteiger partial charge in [0.1, 0.15) is 11.7 Å². The molecule has 1 aliphatic rings. The number of nitrogens with zero attached hydrogens (tertiary/aromatic N) is 5. The van der Waals surface area contributed by atoms with Crippen LogP contribution in [0.1, 0.15) is 17.5 Å². The molecule has 0 aliphatic carbocycles. The second-order valence-corrected chi connectivity index (χ2v) is 9.38. The second-order valence-electron chi connectivity index (χ2n) is 8.94. The molecule has 5 rings (SSSR count). The summed E-state index contributed by atoms with van der Waals surface area (Å²) in [4.78, 5) is 44.1. The van der Waals surface area contributed by atoms with Gasteiger partial charge in [-0.1, -0.05) is 41.4 Å². The summed E-state index contributed by atoms with van der Waals surface area (Å²) >= 11 is 5.93. The highest BCUT2D eigenvalue weighted by molar-refractivity contribution is 6.30. The van der Waals surface area contributed by atoms with Crippen molar-refractivity contribution in [3.8, 4) is 0 Å². The van der Waals surface area contributed by atoms with Gasteiger partial charge in [-0.25, -0.2) is 9.67 Å². The van der Waals surface area contributed by atoms with Crippen molar-refractivity contribution in [2.75, 3.05) is 18.0 Å². The van der Waals surface area contributed by atoms with E-state index in [0.717, 1.165) is 16.8 Å². The van der Waals surface area contributed by atoms with Crippen LogP contribution in [0.5, 0.6) is 0 Å². The Morgan fingerprint density at radius 3 is 2.61 bits per heavy atom. The number of amides is 2. The van der Waals surface area contributed by atoms with Gasteiger partial charge in [-0.15, -0.1) is 0 Å². The molecule has 1 N–H and O–H groups in total. The van der Waals surface area contributed by atoms with E-state index in [1.54, 1.807) is 38.4 Å². The van der Waals surface area contributed by atoms with Gasteiger partial charge in [0.15, 0.2) is 5.65 Å². The Kier molecular flexibility index (Phi) is 6.56. The van der Waals surface area contributed by atoms with Crippen LogP contribution < -0.4 is 15.8 Å². The van der Waals surface area contributed by atoms with Gasteiger partial charge in [0, 0.05) is 30.2 Å². The lowest BCUT2D eigenvalue weighted by atomic mass is 10.1. The molecule has 0 bridgehead atoms. The minimum Gasteiger partial charge on any atom is -0.354 e. The van der Waals surface area contributed by atoms with Crippen LogP contribution in [0.25, 0.3) is 11.0 Å². The number of benzene rings is 2. The highest BCUT2D eigenvalue weighted by Gasteiger charge is 2.35. The zero-order valence-electron chi connectivity index (χ0n) is 19.7. The normalized spacial score (nSPS) is 15.6. The third-order valence-electron chi connectivity index (χ3n) is 6.35. The molecule has 3 heterocycles. The summed E-state index contributed by atoms with van der Waals surface area (Å²) in [5.74, 6) is -0.721. The van der Waals surface area contributed by atoms with E-state index in [-0.39, 0.29) is 23.8 Å². The van der Waals surface area contributed by atoms with Crippen LogP contribution in [-0.4, -0.2) is 44.2 Å². The van der Waals surface area contributed by atoms with E-state index in [1.165, 1.54) is 12.5 Å². The van der Waals surface area contributed by atoms with Gasteiger partial charge in [-0.05, 0) is 36.8 Å². The number of aromatic nitrogens is 4. The molecular weight excluding hydrogens is 480 g/mol. The van der Waals surface area contributed by atoms with Crippen molar-refractivity contribution in [2.24, 2.45) is 5.92 Å². The van der Waals surface area contributed by atoms with Crippen molar-refractivity contribution in [3.05, 3.63) is 87.6 Å². The Morgan fingerprint density at radius 2 is 1.86 bits per heavy atom. The molecule has 2 aromatic carbocycles. The van der Waals surface area contributed by atoms with Crippen LogP contribution in [0.2, 0.25) is 5.02 Å². The molecule has 4 aromatic rings. The number of hydrogen-bond acceptors (Lipinski definition) is 5. The minimum atomic E-state index is -0.436. The van der Waals surface area contributed by atoms with E-state index >= 15 is 0 Å². The molecule has 1 atom stereocenters. The van der Waals surface area contributed by atoms with E-state index < -0.39 is 5.92 Å². The van der Waals surface area contributed by atoms with Crippen LogP contribution in [-0.2, 0) is 22.7 Å². The van der Waals surface area contributed by atoms with Gasteiger partial charge >= 0.3 is 0 Å². The lowest BCUT2D eigenvalue weighted by molar-refractivity contribution is -0.126. The van der Waals surface area contributed by atoms with Crippen molar-refractivity contribution in [2.45, 2.75) is 26.4 Å². The number of fused-ring (bicyclic) bond motifs is 1. The number of nitrogens with one attached hydrogen (secondary N) is 1. The lowest BCUT2D eigenvalue weighted by Gasteiger charge is -2.16. The first-order valence-corrected chi connectivity index (χ1v) is 12.1. The van der Waals surface area contributed by atoms with Crippen molar-refractivity contribution < 1.29 is 9.59 Å². The molecule has 2 amide bonds. The quantitative estimate of drug-likeness (QED) is 0.417. The van der Waals surface area contributed by atoms with Crippen LogP contribution in [0, 0.1) is 12.8 Å². The highest BCUT2D eigenvalue weighted by atomic mass is 35.5.